The van der Waals surface area contributed by atoms with E-state index in [1.807, 2.05) is 6.07 Å². The number of rotatable bonds is 12. The van der Waals surface area contributed by atoms with Crippen LogP contribution in [0.1, 0.15) is 76.5 Å². The lowest BCUT2D eigenvalue weighted by Gasteiger charge is -2.29. The first kappa shape index (κ1) is 40.2. The monoisotopic (exact) mass is 749 g/mol. The summed E-state index contributed by atoms with van der Waals surface area (Å²) in [6.45, 7) is 15.0. The van der Waals surface area contributed by atoms with E-state index in [4.69, 9.17) is 11.6 Å². The van der Waals surface area contributed by atoms with Crippen molar-refractivity contribution in [3.8, 4) is 0 Å². The van der Waals surface area contributed by atoms with Crippen LogP contribution in [0.15, 0.2) is 87.5 Å². The van der Waals surface area contributed by atoms with Crippen LogP contribution in [0.4, 0.5) is 11.4 Å². The average molecular weight is 751 g/mol. The van der Waals surface area contributed by atoms with E-state index in [0.29, 0.717) is 0 Å². The lowest BCUT2D eigenvalue weighted by Crippen LogP contribution is -2.37. The maximum Gasteiger partial charge on any atom is 0.294 e. The summed E-state index contributed by atoms with van der Waals surface area (Å²) in [4.78, 5) is 2.25. The summed E-state index contributed by atoms with van der Waals surface area (Å²) in [5.41, 5.74) is 9.91. The zero-order valence-corrected chi connectivity index (χ0v) is 35.0. The molecule has 5 rings (SSSR count). The second kappa shape index (κ2) is 14.7. The molecular weight excluding hydrogens is 688 g/mol. The standard InChI is InChI=1S/C43H61ClN4O3S/c1-31-17-21-37-35(29-31)42(2,3)39(45(37)25-13-27-47(6,7)8)23-18-32-15-12-16-33(41(32)44)19-24-40-43(4,5)36-30-34(52(49,50)51)20-22-38(36)46(40)26-14-28-48(9,10)11/h17-24,29-30H,12-16,25-28H2,1-11H3/q+2/p+1. The van der Waals surface area contributed by atoms with Crippen LogP contribution in [0.3, 0.4) is 0 Å². The van der Waals surface area contributed by atoms with Crippen LogP contribution in [-0.2, 0) is 20.9 Å². The Morgan fingerprint density at radius 2 is 1.54 bits per heavy atom. The van der Waals surface area contributed by atoms with E-state index in [2.05, 4.69) is 129 Å². The van der Waals surface area contributed by atoms with Gasteiger partial charge in [0.1, 0.15) is 0 Å². The smallest absolute Gasteiger partial charge is 0.294 e. The number of fused-ring (bicyclic) bond motifs is 2. The Morgan fingerprint density at radius 1 is 0.865 bits per heavy atom. The van der Waals surface area contributed by atoms with Gasteiger partial charge in [-0.05, 0) is 87.1 Å². The molecule has 0 radical (unpaired) electrons. The van der Waals surface area contributed by atoms with Gasteiger partial charge >= 0.3 is 0 Å². The van der Waals surface area contributed by atoms with Gasteiger partial charge in [-0.15, -0.1) is 0 Å². The molecule has 0 saturated heterocycles. The maximum absolute atomic E-state index is 12.1. The highest BCUT2D eigenvalue weighted by molar-refractivity contribution is 7.85. The van der Waals surface area contributed by atoms with Crippen LogP contribution < -0.4 is 4.90 Å². The van der Waals surface area contributed by atoms with Gasteiger partial charge in [-0.25, -0.2) is 0 Å². The summed E-state index contributed by atoms with van der Waals surface area (Å²) < 4.78 is 38.4. The number of nitrogens with zero attached hydrogens (tertiary/aromatic N) is 4. The highest BCUT2D eigenvalue weighted by atomic mass is 35.5. The Morgan fingerprint density at radius 3 is 2.19 bits per heavy atom. The number of aryl methyl sites for hydroxylation is 1. The number of allylic oxidation sites excluding steroid dienone is 8. The molecule has 0 spiro atoms. The highest BCUT2D eigenvalue weighted by Gasteiger charge is 2.44. The first-order chi connectivity index (χ1) is 24.0. The van der Waals surface area contributed by atoms with Gasteiger partial charge in [-0.1, -0.05) is 49.2 Å². The molecular formula is C43H62ClN4O3S+3. The molecule has 3 aliphatic rings. The minimum Gasteiger partial charge on any atom is -0.344 e. The van der Waals surface area contributed by atoms with Gasteiger partial charge in [0, 0.05) is 52.5 Å². The van der Waals surface area contributed by atoms with Gasteiger partial charge in [0.05, 0.1) is 72.1 Å². The summed E-state index contributed by atoms with van der Waals surface area (Å²) in [7, 11) is 9.02. The highest BCUT2D eigenvalue weighted by Crippen LogP contribution is 2.49. The summed E-state index contributed by atoms with van der Waals surface area (Å²) in [5, 5.41) is 0.819. The number of hydrogen-bond donors (Lipinski definition) is 1. The fraction of sp³-hybridized carbons (Fsp3) is 0.512. The minimum atomic E-state index is -4.33. The molecule has 0 unspecified atom stereocenters. The van der Waals surface area contributed by atoms with Gasteiger partial charge in [0.2, 0.25) is 5.69 Å². The fourth-order valence-electron chi connectivity index (χ4n) is 8.06. The van der Waals surface area contributed by atoms with Crippen LogP contribution in [0.2, 0.25) is 0 Å². The van der Waals surface area contributed by atoms with Gasteiger partial charge in [0.15, 0.2) is 12.3 Å². The van der Waals surface area contributed by atoms with E-state index in [0.717, 1.165) is 100 Å². The van der Waals surface area contributed by atoms with Crippen LogP contribution in [0.25, 0.3) is 0 Å². The van der Waals surface area contributed by atoms with E-state index in [9.17, 15) is 13.0 Å². The van der Waals surface area contributed by atoms with Gasteiger partial charge in [0.25, 0.3) is 10.1 Å². The first-order valence-electron chi connectivity index (χ1n) is 18.8. The van der Waals surface area contributed by atoms with Crippen molar-refractivity contribution in [3.05, 3.63) is 99.3 Å². The Kier molecular flexibility index (Phi) is 11.3. The molecule has 2 heterocycles. The molecule has 0 bridgehead atoms. The first-order valence-corrected chi connectivity index (χ1v) is 20.6. The van der Waals surface area contributed by atoms with Gasteiger partial charge in [-0.2, -0.15) is 13.0 Å². The molecule has 0 atom stereocenters. The van der Waals surface area contributed by atoms with E-state index in [1.54, 1.807) is 6.07 Å². The molecule has 2 aromatic rings. The third-order valence-electron chi connectivity index (χ3n) is 11.0. The van der Waals surface area contributed by atoms with E-state index in [1.165, 1.54) is 28.6 Å². The molecule has 2 aromatic carbocycles. The minimum absolute atomic E-state index is 0.0756. The zero-order chi connectivity index (χ0) is 38.4. The Labute approximate surface area is 319 Å². The van der Waals surface area contributed by atoms with E-state index >= 15 is 0 Å². The van der Waals surface area contributed by atoms with Crippen LogP contribution in [0, 0.1) is 6.92 Å². The maximum atomic E-state index is 12.1. The molecule has 282 valence electrons. The van der Waals surface area contributed by atoms with Crippen LogP contribution in [-0.4, -0.2) is 101 Å². The second-order valence-electron chi connectivity index (χ2n) is 18.1. The molecule has 52 heavy (non-hydrogen) atoms. The van der Waals surface area contributed by atoms with Crippen molar-refractivity contribution in [2.45, 2.75) is 82.4 Å². The molecule has 2 aliphatic heterocycles. The molecule has 0 aromatic heterocycles. The van der Waals surface area contributed by atoms with E-state index < -0.39 is 15.5 Å². The van der Waals surface area contributed by atoms with Gasteiger partial charge in [-0.3, -0.25) is 4.55 Å². The Bertz CT molecular complexity index is 1990. The molecule has 1 N–H and O–H groups in total. The SMILES string of the molecule is Cc1ccc2c(c1)C(C)(C)C(/C=C/C1=C(Cl)C(=C/C=C3/N(CCC[N+](C)(C)C)c4ccc(S(=O)(=O)O)cc4C3(C)C)/CCC1)=[N+]2CCC[N+](C)(C)C. The number of halogens is 1. The van der Waals surface area contributed by atoms with Crippen molar-refractivity contribution in [1.29, 1.82) is 0 Å². The Balaban J connectivity index is 1.51. The quantitative estimate of drug-likeness (QED) is 0.134. The van der Waals surface area contributed by atoms with Crippen LogP contribution >= 0.6 is 11.6 Å². The summed E-state index contributed by atoms with van der Waals surface area (Å²) in [6, 6.07) is 11.8. The average Bonchev–Trinajstić information content (AvgIpc) is 3.36. The van der Waals surface area contributed by atoms with Gasteiger partial charge < -0.3 is 13.9 Å². The molecule has 1 aliphatic carbocycles. The summed E-state index contributed by atoms with van der Waals surface area (Å²) >= 11 is 7.27. The summed E-state index contributed by atoms with van der Waals surface area (Å²) in [5.74, 6) is 0. The van der Waals surface area contributed by atoms with Crippen molar-refractivity contribution >= 4 is 38.8 Å². The number of quaternary nitrogens is 2. The number of benzene rings is 2. The number of anilines is 1. The topological polar surface area (TPSA) is 60.6 Å². The number of hydrogen-bond acceptors (Lipinski definition) is 3. The third-order valence-corrected chi connectivity index (χ3v) is 12.3. The van der Waals surface area contributed by atoms with Crippen molar-refractivity contribution in [2.75, 3.05) is 73.4 Å². The lowest BCUT2D eigenvalue weighted by molar-refractivity contribution is -0.871. The van der Waals surface area contributed by atoms with Crippen molar-refractivity contribution in [1.82, 2.24) is 0 Å². The van der Waals surface area contributed by atoms with Crippen molar-refractivity contribution in [2.24, 2.45) is 0 Å². The molecule has 0 amide bonds. The normalized spacial score (nSPS) is 20.5. The lowest BCUT2D eigenvalue weighted by atomic mass is 9.80. The van der Waals surface area contributed by atoms with Crippen LogP contribution in [0.5, 0.6) is 0 Å². The molecule has 0 saturated carbocycles. The predicted molar refractivity (Wildman–Crippen MR) is 218 cm³/mol. The molecule has 7 nitrogen and oxygen atoms in total. The van der Waals surface area contributed by atoms with Crippen molar-refractivity contribution in [3.63, 3.8) is 0 Å². The molecule has 0 fully saturated rings. The fourth-order valence-corrected chi connectivity index (χ4v) is 8.88. The Hall–Kier alpha value is -3.01. The predicted octanol–water partition coefficient (Wildman–Crippen LogP) is 8.65. The largest absolute Gasteiger partial charge is 0.344 e. The zero-order valence-electron chi connectivity index (χ0n) is 33.5. The summed E-state index contributed by atoms with van der Waals surface area (Å²) in [6.07, 6.45) is 13.8. The second-order valence-corrected chi connectivity index (χ2v) is 19.9. The van der Waals surface area contributed by atoms with E-state index in [-0.39, 0.29) is 10.3 Å². The third kappa shape index (κ3) is 8.68. The molecule has 9 heteroatoms. The van der Waals surface area contributed by atoms with Crippen molar-refractivity contribution < 1.29 is 26.5 Å².